The molecule has 1 aliphatic rings. The standard InChI is InChI=1S/C15H22N4O/c1-15(2,20)10-19-13-6-5-11(18-7-3-4-8-18)9-12(13)17-14(19)16/h5-6,9,20H,3-4,7-8,10H2,1-2H3,(H2,16,17). The molecule has 5 heteroatoms. The highest BCUT2D eigenvalue weighted by Crippen LogP contribution is 2.27. The summed E-state index contributed by atoms with van der Waals surface area (Å²) in [5, 5.41) is 9.99. The monoisotopic (exact) mass is 274 g/mol. The van der Waals surface area contributed by atoms with E-state index in [2.05, 4.69) is 28.1 Å². The first-order chi connectivity index (χ1) is 9.44. The molecule has 0 saturated carbocycles. The van der Waals surface area contributed by atoms with Crippen LogP contribution in [0.3, 0.4) is 0 Å². The Morgan fingerprint density at radius 3 is 2.65 bits per heavy atom. The van der Waals surface area contributed by atoms with Gasteiger partial charge in [0, 0.05) is 18.8 Å². The first kappa shape index (κ1) is 13.2. The summed E-state index contributed by atoms with van der Waals surface area (Å²) in [6, 6.07) is 6.27. The summed E-state index contributed by atoms with van der Waals surface area (Å²) in [5.41, 5.74) is 8.27. The van der Waals surface area contributed by atoms with Crippen molar-refractivity contribution in [3.8, 4) is 0 Å². The van der Waals surface area contributed by atoms with Crippen LogP contribution in [-0.4, -0.2) is 33.3 Å². The Balaban J connectivity index is 2.00. The molecule has 2 heterocycles. The largest absolute Gasteiger partial charge is 0.389 e. The summed E-state index contributed by atoms with van der Waals surface area (Å²) in [6.07, 6.45) is 2.51. The van der Waals surface area contributed by atoms with Crippen molar-refractivity contribution in [2.75, 3.05) is 23.7 Å². The fourth-order valence-corrected chi connectivity index (χ4v) is 2.86. The summed E-state index contributed by atoms with van der Waals surface area (Å²) < 4.78 is 1.88. The number of hydrogen-bond donors (Lipinski definition) is 2. The van der Waals surface area contributed by atoms with Gasteiger partial charge >= 0.3 is 0 Å². The molecule has 1 fully saturated rings. The lowest BCUT2D eigenvalue weighted by atomic mass is 10.1. The Hall–Kier alpha value is -1.75. The Morgan fingerprint density at radius 2 is 2.00 bits per heavy atom. The lowest BCUT2D eigenvalue weighted by Crippen LogP contribution is -2.26. The molecule has 1 saturated heterocycles. The van der Waals surface area contributed by atoms with Gasteiger partial charge in [-0.3, -0.25) is 0 Å². The van der Waals surface area contributed by atoms with Crippen LogP contribution in [-0.2, 0) is 6.54 Å². The number of aromatic nitrogens is 2. The van der Waals surface area contributed by atoms with E-state index in [1.54, 1.807) is 13.8 Å². The van der Waals surface area contributed by atoms with Crippen LogP contribution in [0.15, 0.2) is 18.2 Å². The van der Waals surface area contributed by atoms with E-state index in [4.69, 9.17) is 5.73 Å². The fourth-order valence-electron chi connectivity index (χ4n) is 2.86. The van der Waals surface area contributed by atoms with E-state index in [-0.39, 0.29) is 0 Å². The Morgan fingerprint density at radius 1 is 1.30 bits per heavy atom. The van der Waals surface area contributed by atoms with E-state index in [9.17, 15) is 5.11 Å². The van der Waals surface area contributed by atoms with Crippen LogP contribution in [0.5, 0.6) is 0 Å². The molecule has 2 aromatic rings. The van der Waals surface area contributed by atoms with E-state index in [0.717, 1.165) is 24.1 Å². The van der Waals surface area contributed by atoms with Gasteiger partial charge < -0.3 is 20.3 Å². The lowest BCUT2D eigenvalue weighted by Gasteiger charge is -2.20. The number of aliphatic hydroxyl groups is 1. The minimum Gasteiger partial charge on any atom is -0.389 e. The van der Waals surface area contributed by atoms with E-state index >= 15 is 0 Å². The molecule has 1 aliphatic heterocycles. The molecule has 20 heavy (non-hydrogen) atoms. The quantitative estimate of drug-likeness (QED) is 0.898. The molecule has 0 amide bonds. The Bertz CT molecular complexity index is 621. The maximum absolute atomic E-state index is 9.99. The topological polar surface area (TPSA) is 67.3 Å². The van der Waals surface area contributed by atoms with Gasteiger partial charge in [0.25, 0.3) is 0 Å². The summed E-state index contributed by atoms with van der Waals surface area (Å²) >= 11 is 0. The third-order valence-corrected chi connectivity index (χ3v) is 3.78. The third-order valence-electron chi connectivity index (χ3n) is 3.78. The number of benzene rings is 1. The average Bonchev–Trinajstić information content (AvgIpc) is 2.96. The summed E-state index contributed by atoms with van der Waals surface area (Å²) in [6.45, 7) is 6.23. The van der Waals surface area contributed by atoms with Crippen LogP contribution in [0.1, 0.15) is 26.7 Å². The molecular formula is C15H22N4O. The van der Waals surface area contributed by atoms with E-state index in [0.29, 0.717) is 12.5 Å². The molecule has 0 aliphatic carbocycles. The molecule has 1 aromatic carbocycles. The van der Waals surface area contributed by atoms with Crippen LogP contribution < -0.4 is 10.6 Å². The van der Waals surface area contributed by atoms with Gasteiger partial charge in [-0.05, 0) is 44.9 Å². The van der Waals surface area contributed by atoms with Crippen LogP contribution >= 0.6 is 0 Å². The number of anilines is 2. The second-order valence-electron chi connectivity index (χ2n) is 6.24. The van der Waals surface area contributed by atoms with Gasteiger partial charge in [0.2, 0.25) is 5.95 Å². The highest BCUT2D eigenvalue weighted by Gasteiger charge is 2.19. The second kappa shape index (κ2) is 4.66. The Kier molecular flexibility index (Phi) is 3.09. The van der Waals surface area contributed by atoms with Gasteiger partial charge in [-0.15, -0.1) is 0 Å². The zero-order valence-electron chi connectivity index (χ0n) is 12.1. The van der Waals surface area contributed by atoms with Gasteiger partial charge in [0.05, 0.1) is 23.2 Å². The summed E-state index contributed by atoms with van der Waals surface area (Å²) in [5.74, 6) is 0.459. The second-order valence-corrected chi connectivity index (χ2v) is 6.24. The first-order valence-corrected chi connectivity index (χ1v) is 7.17. The van der Waals surface area contributed by atoms with Gasteiger partial charge in [0.1, 0.15) is 0 Å². The Labute approximate surface area is 119 Å². The lowest BCUT2D eigenvalue weighted by molar-refractivity contribution is 0.0633. The molecular weight excluding hydrogens is 252 g/mol. The molecule has 3 N–H and O–H groups in total. The van der Waals surface area contributed by atoms with Gasteiger partial charge in [0.15, 0.2) is 0 Å². The number of imidazole rings is 1. The maximum Gasteiger partial charge on any atom is 0.201 e. The van der Waals surface area contributed by atoms with Gasteiger partial charge in [-0.2, -0.15) is 0 Å². The minimum absolute atomic E-state index is 0.443. The minimum atomic E-state index is -0.810. The summed E-state index contributed by atoms with van der Waals surface area (Å²) in [7, 11) is 0. The zero-order chi connectivity index (χ0) is 14.3. The van der Waals surface area contributed by atoms with Crippen molar-refractivity contribution < 1.29 is 5.11 Å². The predicted molar refractivity (Wildman–Crippen MR) is 81.9 cm³/mol. The number of nitrogens with zero attached hydrogens (tertiary/aromatic N) is 3. The van der Waals surface area contributed by atoms with Crippen molar-refractivity contribution in [2.45, 2.75) is 38.8 Å². The molecule has 1 aromatic heterocycles. The van der Waals surface area contributed by atoms with Crippen LogP contribution in [0.4, 0.5) is 11.6 Å². The van der Waals surface area contributed by atoms with Crippen molar-refractivity contribution in [1.82, 2.24) is 9.55 Å². The SMILES string of the molecule is CC(C)(O)Cn1c(N)nc2cc(N3CCCC3)ccc21. The van der Waals surface area contributed by atoms with Gasteiger partial charge in [-0.25, -0.2) is 4.98 Å². The highest BCUT2D eigenvalue weighted by atomic mass is 16.3. The van der Waals surface area contributed by atoms with Crippen molar-refractivity contribution in [3.05, 3.63) is 18.2 Å². The van der Waals surface area contributed by atoms with Gasteiger partial charge in [-0.1, -0.05) is 0 Å². The number of nitrogen functional groups attached to an aromatic ring is 1. The van der Waals surface area contributed by atoms with E-state index < -0.39 is 5.60 Å². The number of hydrogen-bond acceptors (Lipinski definition) is 4. The first-order valence-electron chi connectivity index (χ1n) is 7.17. The molecule has 0 radical (unpaired) electrons. The average molecular weight is 274 g/mol. The van der Waals surface area contributed by atoms with Crippen LogP contribution in [0.25, 0.3) is 11.0 Å². The zero-order valence-corrected chi connectivity index (χ0v) is 12.1. The highest BCUT2D eigenvalue weighted by molar-refractivity contribution is 5.82. The van der Waals surface area contributed by atoms with E-state index in [1.807, 2.05) is 4.57 Å². The fraction of sp³-hybridized carbons (Fsp3) is 0.533. The smallest absolute Gasteiger partial charge is 0.201 e. The number of rotatable bonds is 3. The van der Waals surface area contributed by atoms with Crippen molar-refractivity contribution in [3.63, 3.8) is 0 Å². The number of nitrogens with two attached hydrogens (primary N) is 1. The van der Waals surface area contributed by atoms with E-state index in [1.165, 1.54) is 18.5 Å². The molecule has 3 rings (SSSR count). The molecule has 0 atom stereocenters. The van der Waals surface area contributed by atoms with Crippen molar-refractivity contribution in [1.29, 1.82) is 0 Å². The molecule has 5 nitrogen and oxygen atoms in total. The van der Waals surface area contributed by atoms with Crippen molar-refractivity contribution in [2.24, 2.45) is 0 Å². The molecule has 0 spiro atoms. The normalized spacial score (nSPS) is 16.2. The maximum atomic E-state index is 9.99. The van der Waals surface area contributed by atoms with Crippen LogP contribution in [0, 0.1) is 0 Å². The molecule has 108 valence electrons. The summed E-state index contributed by atoms with van der Waals surface area (Å²) in [4.78, 5) is 6.81. The third kappa shape index (κ3) is 2.45. The van der Waals surface area contributed by atoms with Crippen LogP contribution in [0.2, 0.25) is 0 Å². The predicted octanol–water partition coefficient (Wildman–Crippen LogP) is 1.99. The number of fused-ring (bicyclic) bond motifs is 1. The molecule has 0 bridgehead atoms. The van der Waals surface area contributed by atoms with Crippen molar-refractivity contribution >= 4 is 22.7 Å². The molecule has 0 unspecified atom stereocenters.